The molecule has 1 heterocycles. The standard InChI is InChI=1S/C17H26N2O2/c1-16-5-11-4-12(6-16)8-17(7-11,10-16)15(20)14-13(21-3)9-18-19(14)2/h9,11-12,15,20H,4-8,10H2,1-3H3. The van der Waals surface area contributed by atoms with Crippen molar-refractivity contribution < 1.29 is 9.84 Å². The minimum absolute atomic E-state index is 0.0416. The molecule has 0 saturated heterocycles. The minimum Gasteiger partial charge on any atom is -0.493 e. The third-order valence-corrected chi connectivity index (χ3v) is 6.41. The molecule has 4 fully saturated rings. The van der Waals surface area contributed by atoms with Gasteiger partial charge in [-0.1, -0.05) is 6.92 Å². The predicted octanol–water partition coefficient (Wildman–Crippen LogP) is 3.07. The zero-order valence-electron chi connectivity index (χ0n) is 13.3. The van der Waals surface area contributed by atoms with Gasteiger partial charge >= 0.3 is 0 Å². The van der Waals surface area contributed by atoms with E-state index in [0.717, 1.165) is 29.7 Å². The Bertz CT molecular complexity index is 551. The first-order valence-corrected chi connectivity index (χ1v) is 8.19. The second-order valence-corrected chi connectivity index (χ2v) is 8.26. The number of aryl methyl sites for hydroxylation is 1. The highest BCUT2D eigenvalue weighted by Crippen LogP contribution is 2.68. The Balaban J connectivity index is 1.73. The van der Waals surface area contributed by atoms with E-state index in [1.165, 1.54) is 32.1 Å². The van der Waals surface area contributed by atoms with Crippen LogP contribution in [0, 0.1) is 22.7 Å². The molecular weight excluding hydrogens is 264 g/mol. The molecule has 5 rings (SSSR count). The lowest BCUT2D eigenvalue weighted by atomic mass is 9.43. The van der Waals surface area contributed by atoms with Crippen molar-refractivity contribution in [2.24, 2.45) is 29.7 Å². The first-order valence-electron chi connectivity index (χ1n) is 8.19. The van der Waals surface area contributed by atoms with Crippen LogP contribution in [0.15, 0.2) is 6.20 Å². The summed E-state index contributed by atoms with van der Waals surface area (Å²) >= 11 is 0. The normalized spacial score (nSPS) is 42.3. The van der Waals surface area contributed by atoms with E-state index >= 15 is 0 Å². The Kier molecular flexibility index (Phi) is 2.76. The summed E-state index contributed by atoms with van der Waals surface area (Å²) in [7, 11) is 3.57. The van der Waals surface area contributed by atoms with Crippen molar-refractivity contribution in [1.29, 1.82) is 0 Å². The van der Waals surface area contributed by atoms with Gasteiger partial charge < -0.3 is 9.84 Å². The monoisotopic (exact) mass is 290 g/mol. The average Bonchev–Trinajstić information content (AvgIpc) is 2.76. The van der Waals surface area contributed by atoms with Gasteiger partial charge in [-0.2, -0.15) is 5.10 Å². The number of aliphatic hydroxyl groups is 1. The van der Waals surface area contributed by atoms with Crippen LogP contribution in [0.25, 0.3) is 0 Å². The van der Waals surface area contributed by atoms with Gasteiger partial charge in [0.1, 0.15) is 11.8 Å². The summed E-state index contributed by atoms with van der Waals surface area (Å²) in [5.74, 6) is 2.35. The van der Waals surface area contributed by atoms with E-state index in [1.807, 2.05) is 7.05 Å². The maximum absolute atomic E-state index is 11.2. The molecule has 0 spiro atoms. The van der Waals surface area contributed by atoms with Crippen LogP contribution in [0.1, 0.15) is 57.2 Å². The molecule has 4 aliphatic carbocycles. The van der Waals surface area contributed by atoms with Gasteiger partial charge in [0.2, 0.25) is 0 Å². The van der Waals surface area contributed by atoms with E-state index in [4.69, 9.17) is 4.74 Å². The Labute approximate surface area is 126 Å². The number of rotatable bonds is 3. The molecule has 1 aromatic heterocycles. The quantitative estimate of drug-likeness (QED) is 0.930. The third-order valence-electron chi connectivity index (χ3n) is 6.41. The number of nitrogens with zero attached hydrogens (tertiary/aromatic N) is 2. The summed E-state index contributed by atoms with van der Waals surface area (Å²) in [4.78, 5) is 0. The van der Waals surface area contributed by atoms with Gasteiger partial charge in [0.25, 0.3) is 0 Å². The van der Waals surface area contributed by atoms with Gasteiger partial charge in [0, 0.05) is 12.5 Å². The van der Waals surface area contributed by atoms with Gasteiger partial charge in [-0.3, -0.25) is 4.68 Å². The molecule has 0 aromatic carbocycles. The fraction of sp³-hybridized carbons (Fsp3) is 0.824. The van der Waals surface area contributed by atoms with Gasteiger partial charge in [-0.25, -0.2) is 0 Å². The predicted molar refractivity (Wildman–Crippen MR) is 79.9 cm³/mol. The molecule has 1 N–H and O–H groups in total. The van der Waals surface area contributed by atoms with Crippen LogP contribution in [0.4, 0.5) is 0 Å². The number of ether oxygens (including phenoxy) is 1. The zero-order chi connectivity index (χ0) is 14.8. The van der Waals surface area contributed by atoms with Gasteiger partial charge in [-0.15, -0.1) is 0 Å². The molecule has 4 aliphatic rings. The van der Waals surface area contributed by atoms with Crippen LogP contribution in [0.5, 0.6) is 5.75 Å². The lowest BCUT2D eigenvalue weighted by Crippen LogP contribution is -2.53. The van der Waals surface area contributed by atoms with E-state index in [9.17, 15) is 5.11 Å². The van der Waals surface area contributed by atoms with Crippen LogP contribution in [-0.4, -0.2) is 22.0 Å². The lowest BCUT2D eigenvalue weighted by molar-refractivity contribution is -0.157. The highest BCUT2D eigenvalue weighted by atomic mass is 16.5. The number of aromatic nitrogens is 2. The van der Waals surface area contributed by atoms with Crippen LogP contribution >= 0.6 is 0 Å². The number of methoxy groups -OCH3 is 1. The summed E-state index contributed by atoms with van der Waals surface area (Å²) in [6.45, 7) is 2.44. The van der Waals surface area contributed by atoms with Gasteiger partial charge in [0.05, 0.1) is 13.3 Å². The molecule has 3 atom stereocenters. The highest BCUT2D eigenvalue weighted by Gasteiger charge is 2.59. The molecular formula is C17H26N2O2. The molecule has 4 bridgehead atoms. The smallest absolute Gasteiger partial charge is 0.162 e. The number of aliphatic hydroxyl groups excluding tert-OH is 1. The molecule has 4 nitrogen and oxygen atoms in total. The van der Waals surface area contributed by atoms with Crippen molar-refractivity contribution in [1.82, 2.24) is 9.78 Å². The van der Waals surface area contributed by atoms with Crippen molar-refractivity contribution in [3.63, 3.8) is 0 Å². The first-order chi connectivity index (χ1) is 9.95. The lowest BCUT2D eigenvalue weighted by Gasteiger charge is -2.62. The van der Waals surface area contributed by atoms with Crippen LogP contribution in [-0.2, 0) is 7.05 Å². The molecule has 4 heteroatoms. The molecule has 1 aromatic rings. The molecule has 21 heavy (non-hydrogen) atoms. The maximum atomic E-state index is 11.2. The van der Waals surface area contributed by atoms with Crippen molar-refractivity contribution in [2.75, 3.05) is 7.11 Å². The van der Waals surface area contributed by atoms with Gasteiger partial charge in [-0.05, 0) is 55.8 Å². The van der Waals surface area contributed by atoms with Crippen LogP contribution < -0.4 is 4.74 Å². The van der Waals surface area contributed by atoms with Crippen molar-refractivity contribution in [3.05, 3.63) is 11.9 Å². The summed E-state index contributed by atoms with van der Waals surface area (Å²) < 4.78 is 7.23. The molecule has 0 aliphatic heterocycles. The van der Waals surface area contributed by atoms with Crippen LogP contribution in [0.3, 0.4) is 0 Å². The molecule has 3 unspecified atom stereocenters. The topological polar surface area (TPSA) is 47.3 Å². The average molecular weight is 290 g/mol. The minimum atomic E-state index is -0.454. The van der Waals surface area contributed by atoms with Crippen molar-refractivity contribution in [3.8, 4) is 5.75 Å². The fourth-order valence-electron chi connectivity index (χ4n) is 6.30. The summed E-state index contributed by atoms with van der Waals surface area (Å²) in [5, 5.41) is 15.5. The van der Waals surface area contributed by atoms with Crippen molar-refractivity contribution >= 4 is 0 Å². The van der Waals surface area contributed by atoms with Gasteiger partial charge in [0.15, 0.2) is 5.75 Å². The Morgan fingerprint density at radius 3 is 2.57 bits per heavy atom. The van der Waals surface area contributed by atoms with E-state index in [-0.39, 0.29) is 5.41 Å². The zero-order valence-corrected chi connectivity index (χ0v) is 13.3. The largest absolute Gasteiger partial charge is 0.493 e. The van der Waals surface area contributed by atoms with Crippen molar-refractivity contribution in [2.45, 2.75) is 51.6 Å². The Morgan fingerprint density at radius 1 is 1.33 bits per heavy atom. The maximum Gasteiger partial charge on any atom is 0.162 e. The highest BCUT2D eigenvalue weighted by molar-refractivity contribution is 5.29. The first kappa shape index (κ1) is 13.6. The molecule has 116 valence electrons. The Hall–Kier alpha value is -1.03. The second kappa shape index (κ2) is 4.25. The second-order valence-electron chi connectivity index (χ2n) is 8.26. The Morgan fingerprint density at radius 2 is 2.00 bits per heavy atom. The SMILES string of the molecule is COc1cnn(C)c1C(O)C12CC3CC(CC(C)(C3)C1)C2. The third kappa shape index (κ3) is 1.88. The number of hydrogen-bond acceptors (Lipinski definition) is 3. The summed E-state index contributed by atoms with van der Waals surface area (Å²) in [6.07, 6.45) is 8.88. The van der Waals surface area contributed by atoms with E-state index < -0.39 is 6.10 Å². The summed E-state index contributed by atoms with van der Waals surface area (Å²) in [6, 6.07) is 0. The van der Waals surface area contributed by atoms with E-state index in [1.54, 1.807) is 18.0 Å². The molecule has 0 amide bonds. The van der Waals surface area contributed by atoms with Crippen LogP contribution in [0.2, 0.25) is 0 Å². The molecule has 4 saturated carbocycles. The van der Waals surface area contributed by atoms with E-state index in [0.29, 0.717) is 5.41 Å². The number of hydrogen-bond donors (Lipinski definition) is 1. The fourth-order valence-corrected chi connectivity index (χ4v) is 6.30. The van der Waals surface area contributed by atoms with E-state index in [2.05, 4.69) is 12.0 Å². The summed E-state index contributed by atoms with van der Waals surface area (Å²) in [5.41, 5.74) is 1.35. The molecule has 0 radical (unpaired) electrons.